The van der Waals surface area contributed by atoms with Crippen LogP contribution in [-0.2, 0) is 6.54 Å². The van der Waals surface area contributed by atoms with Gasteiger partial charge in [-0.1, -0.05) is 17.3 Å². The molecule has 1 aliphatic heterocycles. The Morgan fingerprint density at radius 3 is 2.97 bits per heavy atom. The van der Waals surface area contributed by atoms with Gasteiger partial charge in [0.05, 0.1) is 13.7 Å². The molecule has 1 saturated heterocycles. The molecule has 1 unspecified atom stereocenters. The first-order valence-corrected chi connectivity index (χ1v) is 10.5. The number of piperidine rings is 1. The molecule has 8 nitrogen and oxygen atoms in total. The Balaban J connectivity index is 1.32. The van der Waals surface area contributed by atoms with Crippen molar-refractivity contribution in [3.05, 3.63) is 59.7 Å². The molecular weight excluding hydrogens is 413 g/mol. The summed E-state index contributed by atoms with van der Waals surface area (Å²) in [6, 6.07) is 12.0. The average molecular weight is 439 g/mol. The molecule has 2 amide bonds. The van der Waals surface area contributed by atoms with Crippen LogP contribution in [0.15, 0.2) is 47.0 Å². The summed E-state index contributed by atoms with van der Waals surface area (Å²) in [5.41, 5.74) is 2.37. The summed E-state index contributed by atoms with van der Waals surface area (Å²) in [5.74, 6) is 0.452. The molecule has 9 heteroatoms. The zero-order valence-corrected chi connectivity index (χ0v) is 18.1. The number of urea groups is 1. The molecule has 0 spiro atoms. The van der Waals surface area contributed by atoms with Gasteiger partial charge in [0.1, 0.15) is 0 Å². The fourth-order valence-corrected chi connectivity index (χ4v) is 3.83. The number of anilines is 1. The van der Waals surface area contributed by atoms with E-state index in [9.17, 15) is 9.18 Å². The third kappa shape index (κ3) is 5.42. The second-order valence-electron chi connectivity index (χ2n) is 7.90. The largest absolute Gasteiger partial charge is 0.494 e. The normalized spacial score (nSPS) is 16.5. The van der Waals surface area contributed by atoms with Crippen LogP contribution in [0.25, 0.3) is 11.4 Å². The van der Waals surface area contributed by atoms with Crippen molar-refractivity contribution in [3.63, 3.8) is 0 Å². The van der Waals surface area contributed by atoms with E-state index in [0.717, 1.165) is 30.6 Å². The van der Waals surface area contributed by atoms with Crippen molar-refractivity contribution >= 4 is 11.7 Å². The molecular formula is C23H26FN5O3. The van der Waals surface area contributed by atoms with Crippen LogP contribution >= 0.6 is 0 Å². The van der Waals surface area contributed by atoms with E-state index in [1.807, 2.05) is 31.2 Å². The molecule has 0 saturated carbocycles. The van der Waals surface area contributed by atoms with Crippen molar-refractivity contribution in [1.29, 1.82) is 0 Å². The van der Waals surface area contributed by atoms with Gasteiger partial charge in [-0.15, -0.1) is 0 Å². The number of carbonyl (C=O) groups is 1. The first kappa shape index (κ1) is 21.8. The van der Waals surface area contributed by atoms with Crippen LogP contribution in [0.3, 0.4) is 0 Å². The Hall–Kier alpha value is -3.46. The number of carbonyl (C=O) groups excluding carboxylic acids is 1. The molecule has 0 bridgehead atoms. The van der Waals surface area contributed by atoms with Crippen molar-refractivity contribution in [2.24, 2.45) is 0 Å². The number of likely N-dealkylation sites (tertiary alicyclic amines) is 1. The SMILES string of the molecule is COc1ccc(-c2noc(CN3CCCC(NC(=O)Nc4cccc(C)c4)C3)n2)cc1F. The van der Waals surface area contributed by atoms with Crippen molar-refractivity contribution in [3.8, 4) is 17.1 Å². The summed E-state index contributed by atoms with van der Waals surface area (Å²) >= 11 is 0. The molecule has 2 N–H and O–H groups in total. The maximum atomic E-state index is 14.0. The summed E-state index contributed by atoms with van der Waals surface area (Å²) < 4.78 is 24.3. The van der Waals surface area contributed by atoms with E-state index < -0.39 is 5.82 Å². The summed E-state index contributed by atoms with van der Waals surface area (Å²) in [4.78, 5) is 18.9. The molecule has 1 fully saturated rings. The molecule has 4 rings (SSSR count). The molecule has 3 aromatic rings. The molecule has 32 heavy (non-hydrogen) atoms. The molecule has 1 atom stereocenters. The van der Waals surface area contributed by atoms with Gasteiger partial charge in [-0.2, -0.15) is 4.98 Å². The number of nitrogens with zero attached hydrogens (tertiary/aromatic N) is 3. The van der Waals surface area contributed by atoms with Gasteiger partial charge in [0, 0.05) is 23.8 Å². The summed E-state index contributed by atoms with van der Waals surface area (Å²) in [6.07, 6.45) is 1.85. The van der Waals surface area contributed by atoms with Crippen molar-refractivity contribution in [2.45, 2.75) is 32.4 Å². The number of benzene rings is 2. The van der Waals surface area contributed by atoms with Crippen LogP contribution < -0.4 is 15.4 Å². The smallest absolute Gasteiger partial charge is 0.319 e. The van der Waals surface area contributed by atoms with Crippen LogP contribution in [0.1, 0.15) is 24.3 Å². The van der Waals surface area contributed by atoms with E-state index in [0.29, 0.717) is 30.4 Å². The zero-order valence-electron chi connectivity index (χ0n) is 18.1. The lowest BCUT2D eigenvalue weighted by molar-refractivity contribution is 0.165. The quantitative estimate of drug-likeness (QED) is 0.604. The van der Waals surface area contributed by atoms with Gasteiger partial charge in [0.25, 0.3) is 0 Å². The summed E-state index contributed by atoms with van der Waals surface area (Å²) in [7, 11) is 1.41. The number of rotatable bonds is 6. The lowest BCUT2D eigenvalue weighted by Gasteiger charge is -2.32. The highest BCUT2D eigenvalue weighted by Gasteiger charge is 2.23. The van der Waals surface area contributed by atoms with Crippen molar-refractivity contribution in [2.75, 3.05) is 25.5 Å². The number of hydrogen-bond acceptors (Lipinski definition) is 6. The lowest BCUT2D eigenvalue weighted by Crippen LogP contribution is -2.48. The Kier molecular flexibility index (Phi) is 6.65. The lowest BCUT2D eigenvalue weighted by atomic mass is 10.1. The molecule has 0 aliphatic carbocycles. The van der Waals surface area contributed by atoms with Crippen LogP contribution in [0.4, 0.5) is 14.9 Å². The minimum atomic E-state index is -0.481. The predicted octanol–water partition coefficient (Wildman–Crippen LogP) is 3.98. The number of halogens is 1. The third-order valence-corrected chi connectivity index (χ3v) is 5.35. The zero-order chi connectivity index (χ0) is 22.5. The fourth-order valence-electron chi connectivity index (χ4n) is 3.83. The highest BCUT2D eigenvalue weighted by molar-refractivity contribution is 5.89. The van der Waals surface area contributed by atoms with Gasteiger partial charge in [0.15, 0.2) is 11.6 Å². The standard InChI is InChI=1S/C23H26FN5O3/c1-15-5-3-6-17(11-15)25-23(30)26-18-7-4-10-29(13-18)14-21-27-22(28-32-21)16-8-9-20(31-2)19(24)12-16/h3,5-6,8-9,11-12,18H,4,7,10,13-14H2,1-2H3,(H2,25,26,30). The molecule has 1 aliphatic rings. The molecule has 2 aromatic carbocycles. The van der Waals surface area contributed by atoms with E-state index in [4.69, 9.17) is 9.26 Å². The number of methoxy groups -OCH3 is 1. The number of aryl methyl sites for hydroxylation is 1. The topological polar surface area (TPSA) is 92.5 Å². The second-order valence-corrected chi connectivity index (χ2v) is 7.90. The van der Waals surface area contributed by atoms with E-state index in [2.05, 4.69) is 25.7 Å². The van der Waals surface area contributed by atoms with E-state index in [1.165, 1.54) is 19.2 Å². The maximum Gasteiger partial charge on any atom is 0.319 e. The second kappa shape index (κ2) is 9.78. The Labute approximate surface area is 185 Å². The van der Waals surface area contributed by atoms with Crippen LogP contribution in [-0.4, -0.2) is 47.3 Å². The average Bonchev–Trinajstić information content (AvgIpc) is 3.22. The molecule has 168 valence electrons. The van der Waals surface area contributed by atoms with Gasteiger partial charge in [-0.05, 0) is 62.2 Å². The Bertz CT molecular complexity index is 1090. The van der Waals surface area contributed by atoms with Gasteiger partial charge >= 0.3 is 6.03 Å². The first-order chi connectivity index (χ1) is 15.5. The number of nitrogens with one attached hydrogen (secondary N) is 2. The Morgan fingerprint density at radius 1 is 1.31 bits per heavy atom. The van der Waals surface area contributed by atoms with E-state index in [-0.39, 0.29) is 17.8 Å². The number of hydrogen-bond donors (Lipinski definition) is 2. The number of ether oxygens (including phenoxy) is 1. The minimum absolute atomic E-state index is 0.0200. The van der Waals surface area contributed by atoms with Crippen LogP contribution in [0.5, 0.6) is 5.75 Å². The van der Waals surface area contributed by atoms with Crippen molar-refractivity contribution in [1.82, 2.24) is 20.4 Å². The molecule has 1 aromatic heterocycles. The predicted molar refractivity (Wildman–Crippen MR) is 118 cm³/mol. The Morgan fingerprint density at radius 2 is 2.19 bits per heavy atom. The molecule has 0 radical (unpaired) electrons. The van der Waals surface area contributed by atoms with E-state index >= 15 is 0 Å². The summed E-state index contributed by atoms with van der Waals surface area (Å²) in [5, 5.41) is 9.89. The third-order valence-electron chi connectivity index (χ3n) is 5.35. The van der Waals surface area contributed by atoms with Crippen LogP contribution in [0, 0.1) is 12.7 Å². The highest BCUT2D eigenvalue weighted by Crippen LogP contribution is 2.24. The van der Waals surface area contributed by atoms with Gasteiger partial charge in [0.2, 0.25) is 11.7 Å². The minimum Gasteiger partial charge on any atom is -0.494 e. The fraction of sp³-hybridized carbons (Fsp3) is 0.348. The van der Waals surface area contributed by atoms with Gasteiger partial charge < -0.3 is 19.9 Å². The van der Waals surface area contributed by atoms with Crippen LogP contribution in [0.2, 0.25) is 0 Å². The van der Waals surface area contributed by atoms with Gasteiger partial charge in [-0.3, -0.25) is 4.90 Å². The first-order valence-electron chi connectivity index (χ1n) is 10.5. The summed E-state index contributed by atoms with van der Waals surface area (Å²) in [6.45, 7) is 3.99. The number of amides is 2. The van der Waals surface area contributed by atoms with Crippen molar-refractivity contribution < 1.29 is 18.4 Å². The van der Waals surface area contributed by atoms with Gasteiger partial charge in [-0.25, -0.2) is 9.18 Å². The highest BCUT2D eigenvalue weighted by atomic mass is 19.1. The monoisotopic (exact) mass is 439 g/mol. The van der Waals surface area contributed by atoms with E-state index in [1.54, 1.807) is 6.07 Å². The number of aromatic nitrogens is 2. The maximum absolute atomic E-state index is 14.0. The molecule has 2 heterocycles.